The Hall–Kier alpha value is -2.38. The molecular formula is C22H29N3O3S. The number of sulfonamides is 1. The van der Waals surface area contributed by atoms with Crippen LogP contribution < -0.4 is 10.6 Å². The molecule has 7 heteroatoms. The summed E-state index contributed by atoms with van der Waals surface area (Å²) in [7, 11) is -3.49. The highest BCUT2D eigenvalue weighted by Gasteiger charge is 2.25. The van der Waals surface area contributed by atoms with Gasteiger partial charge in [0.15, 0.2) is 0 Å². The molecule has 1 aliphatic heterocycles. The molecule has 2 aromatic carbocycles. The third kappa shape index (κ3) is 6.05. The van der Waals surface area contributed by atoms with E-state index in [-0.39, 0.29) is 10.8 Å². The molecule has 6 nitrogen and oxygen atoms in total. The second kappa shape index (κ2) is 10.4. The summed E-state index contributed by atoms with van der Waals surface area (Å²) in [5, 5.41) is 6.17. The molecule has 156 valence electrons. The van der Waals surface area contributed by atoms with Crippen LogP contribution in [-0.2, 0) is 10.0 Å². The Morgan fingerprint density at radius 2 is 1.52 bits per heavy atom. The summed E-state index contributed by atoms with van der Waals surface area (Å²) in [5.41, 5.74) is 1.52. The SMILES string of the molecule is O=C(NCCCNc1ccccc1)c1ccc(S(=O)(=O)N2CCCCCC2)cc1. The summed E-state index contributed by atoms with van der Waals surface area (Å²) >= 11 is 0. The minimum Gasteiger partial charge on any atom is -0.385 e. The number of para-hydroxylation sites is 1. The molecule has 1 saturated heterocycles. The quantitative estimate of drug-likeness (QED) is 0.647. The lowest BCUT2D eigenvalue weighted by molar-refractivity contribution is 0.0953. The summed E-state index contributed by atoms with van der Waals surface area (Å²) in [6.07, 6.45) is 4.75. The van der Waals surface area contributed by atoms with Crippen LogP contribution in [0.3, 0.4) is 0 Å². The molecule has 29 heavy (non-hydrogen) atoms. The van der Waals surface area contributed by atoms with Crippen LogP contribution in [-0.4, -0.2) is 44.8 Å². The van der Waals surface area contributed by atoms with Gasteiger partial charge in [0.2, 0.25) is 10.0 Å². The van der Waals surface area contributed by atoms with Crippen LogP contribution in [0.1, 0.15) is 42.5 Å². The molecule has 0 radical (unpaired) electrons. The first-order valence-electron chi connectivity index (χ1n) is 10.2. The van der Waals surface area contributed by atoms with Crippen molar-refractivity contribution in [1.29, 1.82) is 0 Å². The zero-order valence-corrected chi connectivity index (χ0v) is 17.5. The molecule has 2 N–H and O–H groups in total. The van der Waals surface area contributed by atoms with Crippen molar-refractivity contribution in [2.75, 3.05) is 31.5 Å². The van der Waals surface area contributed by atoms with Gasteiger partial charge < -0.3 is 10.6 Å². The molecule has 1 aliphatic rings. The van der Waals surface area contributed by atoms with Crippen molar-refractivity contribution in [3.63, 3.8) is 0 Å². The summed E-state index contributed by atoms with van der Waals surface area (Å²) < 4.78 is 27.2. The van der Waals surface area contributed by atoms with E-state index in [1.54, 1.807) is 16.4 Å². The Morgan fingerprint density at radius 3 is 2.17 bits per heavy atom. The van der Waals surface area contributed by atoms with E-state index in [1.807, 2.05) is 30.3 Å². The minimum atomic E-state index is -3.49. The molecule has 0 unspecified atom stereocenters. The van der Waals surface area contributed by atoms with E-state index in [0.717, 1.165) is 44.3 Å². The van der Waals surface area contributed by atoms with Crippen molar-refractivity contribution < 1.29 is 13.2 Å². The Kier molecular flexibility index (Phi) is 7.66. The van der Waals surface area contributed by atoms with Gasteiger partial charge in [-0.25, -0.2) is 8.42 Å². The smallest absolute Gasteiger partial charge is 0.251 e. The van der Waals surface area contributed by atoms with Crippen molar-refractivity contribution in [2.24, 2.45) is 0 Å². The van der Waals surface area contributed by atoms with E-state index >= 15 is 0 Å². The van der Waals surface area contributed by atoms with Crippen molar-refractivity contribution in [3.05, 3.63) is 60.2 Å². The van der Waals surface area contributed by atoms with E-state index in [4.69, 9.17) is 0 Å². The first-order valence-corrected chi connectivity index (χ1v) is 11.7. The minimum absolute atomic E-state index is 0.191. The lowest BCUT2D eigenvalue weighted by Crippen LogP contribution is -2.32. The van der Waals surface area contributed by atoms with Crippen LogP contribution in [0.25, 0.3) is 0 Å². The monoisotopic (exact) mass is 415 g/mol. The number of nitrogens with one attached hydrogen (secondary N) is 2. The number of benzene rings is 2. The highest BCUT2D eigenvalue weighted by molar-refractivity contribution is 7.89. The van der Waals surface area contributed by atoms with E-state index in [9.17, 15) is 13.2 Å². The number of carbonyl (C=O) groups is 1. The van der Waals surface area contributed by atoms with Crippen LogP contribution >= 0.6 is 0 Å². The number of anilines is 1. The van der Waals surface area contributed by atoms with Crippen molar-refractivity contribution >= 4 is 21.6 Å². The summed E-state index contributed by atoms with van der Waals surface area (Å²) in [6.45, 7) is 2.45. The second-order valence-electron chi connectivity index (χ2n) is 7.24. The van der Waals surface area contributed by atoms with Crippen LogP contribution in [0.5, 0.6) is 0 Å². The average Bonchev–Trinajstić information content (AvgIpc) is 3.04. The number of hydrogen-bond acceptors (Lipinski definition) is 4. The molecule has 3 rings (SSSR count). The predicted octanol–water partition coefficient (Wildman–Crippen LogP) is 3.48. The summed E-state index contributed by atoms with van der Waals surface area (Å²) in [6, 6.07) is 16.2. The number of carbonyl (C=O) groups excluding carboxylic acids is 1. The fourth-order valence-electron chi connectivity index (χ4n) is 3.39. The first-order chi connectivity index (χ1) is 14.1. The normalized spacial score (nSPS) is 15.4. The molecule has 0 bridgehead atoms. The van der Waals surface area contributed by atoms with E-state index < -0.39 is 10.0 Å². The largest absolute Gasteiger partial charge is 0.385 e. The van der Waals surface area contributed by atoms with Gasteiger partial charge in [-0.05, 0) is 55.7 Å². The van der Waals surface area contributed by atoms with Crippen LogP contribution in [0, 0.1) is 0 Å². The van der Waals surface area contributed by atoms with Gasteiger partial charge in [0.25, 0.3) is 5.91 Å². The van der Waals surface area contributed by atoms with Crippen LogP contribution in [0.4, 0.5) is 5.69 Å². The third-order valence-electron chi connectivity index (χ3n) is 5.06. The molecular weight excluding hydrogens is 386 g/mol. The maximum Gasteiger partial charge on any atom is 0.251 e. The first kappa shape index (κ1) is 21.3. The number of hydrogen-bond donors (Lipinski definition) is 2. The van der Waals surface area contributed by atoms with E-state index in [0.29, 0.717) is 25.2 Å². The molecule has 1 amide bonds. The Balaban J connectivity index is 1.48. The fraction of sp³-hybridized carbons (Fsp3) is 0.409. The van der Waals surface area contributed by atoms with Crippen molar-refractivity contribution in [3.8, 4) is 0 Å². The highest BCUT2D eigenvalue weighted by atomic mass is 32.2. The Labute approximate surface area is 173 Å². The van der Waals surface area contributed by atoms with Crippen LogP contribution in [0.2, 0.25) is 0 Å². The number of rotatable bonds is 8. The van der Waals surface area contributed by atoms with Gasteiger partial charge in [-0.15, -0.1) is 0 Å². The van der Waals surface area contributed by atoms with E-state index in [1.165, 1.54) is 12.1 Å². The van der Waals surface area contributed by atoms with Gasteiger partial charge in [-0.1, -0.05) is 31.0 Å². The summed E-state index contributed by atoms with van der Waals surface area (Å²) in [5.74, 6) is -0.191. The van der Waals surface area contributed by atoms with Crippen molar-refractivity contribution in [2.45, 2.75) is 37.0 Å². The lowest BCUT2D eigenvalue weighted by atomic mass is 10.2. The fourth-order valence-corrected chi connectivity index (χ4v) is 4.91. The predicted molar refractivity (Wildman–Crippen MR) is 116 cm³/mol. The maximum atomic E-state index is 12.8. The maximum absolute atomic E-state index is 12.8. The highest BCUT2D eigenvalue weighted by Crippen LogP contribution is 2.20. The van der Waals surface area contributed by atoms with Crippen LogP contribution in [0.15, 0.2) is 59.5 Å². The molecule has 1 fully saturated rings. The molecule has 2 aromatic rings. The second-order valence-corrected chi connectivity index (χ2v) is 9.18. The molecule has 0 atom stereocenters. The molecule has 0 saturated carbocycles. The number of amides is 1. The lowest BCUT2D eigenvalue weighted by Gasteiger charge is -2.20. The van der Waals surface area contributed by atoms with Gasteiger partial charge in [-0.3, -0.25) is 4.79 Å². The van der Waals surface area contributed by atoms with Crippen molar-refractivity contribution in [1.82, 2.24) is 9.62 Å². The van der Waals surface area contributed by atoms with Gasteiger partial charge in [0, 0.05) is 37.4 Å². The summed E-state index contributed by atoms with van der Waals surface area (Å²) in [4.78, 5) is 12.5. The molecule has 0 spiro atoms. The zero-order valence-electron chi connectivity index (χ0n) is 16.6. The standard InChI is InChI=1S/C22H29N3O3S/c26-22(24-16-8-15-23-20-9-4-3-5-10-20)19-11-13-21(14-12-19)29(27,28)25-17-6-1-2-7-18-25/h3-5,9-14,23H,1-2,6-8,15-18H2,(H,24,26). The zero-order chi connectivity index (χ0) is 20.5. The molecule has 1 heterocycles. The Morgan fingerprint density at radius 1 is 0.862 bits per heavy atom. The van der Waals surface area contributed by atoms with E-state index in [2.05, 4.69) is 10.6 Å². The van der Waals surface area contributed by atoms with Gasteiger partial charge in [-0.2, -0.15) is 4.31 Å². The third-order valence-corrected chi connectivity index (χ3v) is 6.97. The average molecular weight is 416 g/mol. The Bertz CT molecular complexity index is 875. The number of nitrogens with zero attached hydrogens (tertiary/aromatic N) is 1. The topological polar surface area (TPSA) is 78.5 Å². The van der Waals surface area contributed by atoms with Gasteiger partial charge >= 0.3 is 0 Å². The van der Waals surface area contributed by atoms with Gasteiger partial charge in [0.05, 0.1) is 4.90 Å². The molecule has 0 aromatic heterocycles. The van der Waals surface area contributed by atoms with Gasteiger partial charge in [0.1, 0.15) is 0 Å². The molecule has 0 aliphatic carbocycles.